The second-order valence-electron chi connectivity index (χ2n) is 0.902. The third kappa shape index (κ3) is 980. The van der Waals surface area contributed by atoms with E-state index in [1.807, 2.05) is 0 Å². The van der Waals surface area contributed by atoms with Gasteiger partial charge in [-0.15, -0.1) is 0 Å². The molecular weight excluding hydrogens is 844 g/mol. The standard InChI is InChI=1S/2Cu.NO3.H2O4S.H2O3S.2Pb.2H2S.4H/c;;2-1(3)4;1-5(2,3)4;1-4(2)3;;;;;;;;/h;;;(H2,1,2,3,4);(H2,1,2,3);;;2*1H2;;;;/q;;-1;;;;;;;;;;. The fraction of sp³-hybridized carbons (Fsp3) is 0. The summed E-state index contributed by atoms with van der Waals surface area (Å²) in [4.78, 5) is 8.25. The second-order valence-corrected chi connectivity index (χ2v) is 2.26. The van der Waals surface area contributed by atoms with E-state index in [1.54, 1.807) is 0 Å². The quantitative estimate of drug-likeness (QED) is 0.0649. The van der Waals surface area contributed by atoms with Crippen LogP contribution < -0.4 is 0 Å². The average Bonchev–Trinajstić information content (AvgIpc) is 1.50. The minimum atomic E-state index is -4.67. The van der Waals surface area contributed by atoms with Crippen molar-refractivity contribution >= 4 is 103 Å². The summed E-state index contributed by atoms with van der Waals surface area (Å²) in [5.74, 6) is 0. The molecule has 19 heteroatoms. The van der Waals surface area contributed by atoms with Crippen LogP contribution in [0.2, 0.25) is 0 Å². The molecule has 0 aromatic carbocycles. The first-order valence-electron chi connectivity index (χ1n) is 1.78. The average molecular weight is 856 g/mol. The molecule has 0 aromatic heterocycles. The van der Waals surface area contributed by atoms with Crippen LogP contribution in [0, 0.1) is 15.3 Å². The van der Waals surface area contributed by atoms with Crippen molar-refractivity contribution in [3.05, 3.63) is 15.3 Å². The number of hydrogen-bond acceptors (Lipinski definition) is 6. The van der Waals surface area contributed by atoms with Crippen molar-refractivity contribution in [1.82, 2.24) is 0 Å². The molecular formula is H12Cu2NO10Pb2S4-. The summed E-state index contributed by atoms with van der Waals surface area (Å²) in [6.07, 6.45) is 0. The van der Waals surface area contributed by atoms with Gasteiger partial charge >= 0.3 is 65.0 Å². The Morgan fingerprint density at radius 3 is 0.947 bits per heavy atom. The fourth-order valence-corrected chi connectivity index (χ4v) is 0. The summed E-state index contributed by atoms with van der Waals surface area (Å²) in [6.45, 7) is 0. The SMILES string of the molecule is O=S(=O)(O)O.O=S(O)O.O=[N+]([O-])[O-].S.S.[Cu].[Cu].[PbH2].[PbH2]. The van der Waals surface area contributed by atoms with Gasteiger partial charge in [-0.05, 0) is 0 Å². The fourth-order valence-electron chi connectivity index (χ4n) is 0. The van der Waals surface area contributed by atoms with Crippen LogP contribution in [-0.4, -0.2) is 90.5 Å². The zero-order chi connectivity index (χ0) is 11.7. The first kappa shape index (κ1) is 57.6. The molecule has 0 aliphatic heterocycles. The van der Waals surface area contributed by atoms with Gasteiger partial charge in [-0.25, -0.2) is 0 Å². The van der Waals surface area contributed by atoms with Crippen molar-refractivity contribution in [2.75, 3.05) is 0 Å². The molecule has 0 spiro atoms. The normalized spacial score (nSPS) is 6.16. The summed E-state index contributed by atoms with van der Waals surface area (Å²) in [5, 5.41) is 14.8. The predicted molar refractivity (Wildman–Crippen MR) is 75.8 cm³/mol. The van der Waals surface area contributed by atoms with E-state index in [0.29, 0.717) is 0 Å². The molecule has 0 aliphatic carbocycles. The molecule has 0 amide bonds. The van der Waals surface area contributed by atoms with Gasteiger partial charge in [0.25, 0.3) is 11.4 Å². The molecule has 4 N–H and O–H groups in total. The Hall–Kier alpha value is 2.72. The third-order valence-electron chi connectivity index (χ3n) is 0. The van der Waals surface area contributed by atoms with Crippen LogP contribution >= 0.6 is 27.0 Å². The van der Waals surface area contributed by atoms with Crippen LogP contribution in [0.1, 0.15) is 0 Å². The third-order valence-corrected chi connectivity index (χ3v) is 0. The van der Waals surface area contributed by atoms with E-state index in [4.69, 9.17) is 46.2 Å². The summed E-state index contributed by atoms with van der Waals surface area (Å²) >= 11 is -2.61. The van der Waals surface area contributed by atoms with E-state index >= 15 is 0 Å². The van der Waals surface area contributed by atoms with E-state index in [-0.39, 0.29) is 116 Å². The van der Waals surface area contributed by atoms with Gasteiger partial charge in [0.2, 0.25) is 0 Å². The first-order valence-corrected chi connectivity index (χ1v) is 4.24. The van der Waals surface area contributed by atoms with Crippen LogP contribution in [0.4, 0.5) is 0 Å². The molecule has 11 nitrogen and oxygen atoms in total. The Morgan fingerprint density at radius 2 is 0.947 bits per heavy atom. The van der Waals surface area contributed by atoms with Gasteiger partial charge in [-0.1, -0.05) is 0 Å². The van der Waals surface area contributed by atoms with E-state index in [0.717, 1.165) is 0 Å². The molecule has 0 bridgehead atoms. The van der Waals surface area contributed by atoms with Gasteiger partial charge in [-0.3, -0.25) is 18.2 Å². The molecule has 0 unspecified atom stereocenters. The monoisotopic (exact) mass is 856 g/mol. The van der Waals surface area contributed by atoms with Crippen molar-refractivity contribution in [1.29, 1.82) is 0 Å². The van der Waals surface area contributed by atoms with Gasteiger partial charge in [0.15, 0.2) is 0 Å². The van der Waals surface area contributed by atoms with E-state index in [9.17, 15) is 0 Å². The number of rotatable bonds is 0. The molecule has 0 rings (SSSR count). The van der Waals surface area contributed by atoms with Crippen LogP contribution in [0.25, 0.3) is 0 Å². The van der Waals surface area contributed by atoms with Crippen LogP contribution in [0.15, 0.2) is 0 Å². The Kier molecular flexibility index (Phi) is 113. The van der Waals surface area contributed by atoms with Crippen molar-refractivity contribution < 1.29 is 70.1 Å². The van der Waals surface area contributed by atoms with Crippen LogP contribution in [0.5, 0.6) is 0 Å². The Morgan fingerprint density at radius 1 is 0.947 bits per heavy atom. The zero-order valence-corrected chi connectivity index (χ0v) is 25.0. The maximum absolute atomic E-state index is 8.74. The van der Waals surface area contributed by atoms with E-state index in [1.165, 1.54) is 0 Å². The van der Waals surface area contributed by atoms with Gasteiger partial charge in [-0.2, -0.15) is 39.6 Å². The van der Waals surface area contributed by atoms with Gasteiger partial charge in [0.1, 0.15) is 0 Å². The Balaban J connectivity index is -0.00000000980. The summed E-state index contributed by atoms with van der Waals surface area (Å²) < 4.78 is 54.4. The molecule has 6 radical (unpaired) electrons. The van der Waals surface area contributed by atoms with Gasteiger partial charge in [0, 0.05) is 34.1 Å². The summed E-state index contributed by atoms with van der Waals surface area (Å²) in [6, 6.07) is 0. The van der Waals surface area contributed by atoms with Crippen molar-refractivity contribution in [3.8, 4) is 0 Å². The molecule has 0 aliphatic rings. The number of hydrogen-bond donors (Lipinski definition) is 4. The maximum atomic E-state index is 8.74. The van der Waals surface area contributed by atoms with Crippen molar-refractivity contribution in [2.45, 2.75) is 0 Å². The topological polar surface area (TPSA) is 198 Å². The summed E-state index contributed by atoms with van der Waals surface area (Å²) in [7, 11) is -4.67. The Bertz CT molecular complexity index is 230. The molecule has 0 saturated carbocycles. The minimum absolute atomic E-state index is 0. The van der Waals surface area contributed by atoms with Gasteiger partial charge in [0.05, 0.1) is 5.09 Å². The second kappa shape index (κ2) is 37.2. The molecule has 0 atom stereocenters. The molecule has 19 heavy (non-hydrogen) atoms. The van der Waals surface area contributed by atoms with Crippen molar-refractivity contribution in [2.24, 2.45) is 0 Å². The van der Waals surface area contributed by atoms with Crippen LogP contribution in [-0.2, 0) is 55.9 Å². The molecule has 132 valence electrons. The van der Waals surface area contributed by atoms with Crippen molar-refractivity contribution in [3.63, 3.8) is 0 Å². The van der Waals surface area contributed by atoms with E-state index < -0.39 is 26.8 Å². The predicted octanol–water partition coefficient (Wildman–Crippen LogP) is -2.82. The zero-order valence-electron chi connectivity index (χ0n) is 8.52. The molecule has 0 aromatic rings. The number of nitrogens with zero attached hydrogens (tertiary/aromatic N) is 1. The molecule has 0 heterocycles. The van der Waals surface area contributed by atoms with Gasteiger partial charge < -0.3 is 15.3 Å². The van der Waals surface area contributed by atoms with Crippen LogP contribution in [0.3, 0.4) is 0 Å². The molecule has 0 saturated heterocycles. The first-order chi connectivity index (χ1) is 5.46. The Labute approximate surface area is 186 Å². The van der Waals surface area contributed by atoms with E-state index in [2.05, 4.69) is 0 Å². The molecule has 0 fully saturated rings. The summed E-state index contributed by atoms with van der Waals surface area (Å²) in [5.41, 5.74) is 0.